The molecular formula is C13H16N2OS. The van der Waals surface area contributed by atoms with Crippen LogP contribution in [-0.4, -0.2) is 5.91 Å². The van der Waals surface area contributed by atoms with Crippen molar-refractivity contribution >= 4 is 22.2 Å². The summed E-state index contributed by atoms with van der Waals surface area (Å²) in [5.74, 6) is 0.630. The van der Waals surface area contributed by atoms with E-state index in [4.69, 9.17) is 0 Å². The number of nitrogens with one attached hydrogen (secondary N) is 1. The minimum atomic E-state index is -0.105. The highest BCUT2D eigenvalue weighted by molar-refractivity contribution is 7.16. The molecule has 0 saturated carbocycles. The Hall–Kier alpha value is -1.34. The summed E-state index contributed by atoms with van der Waals surface area (Å²) < 4.78 is 0. The molecule has 0 spiro atoms. The lowest BCUT2D eigenvalue weighted by atomic mass is 9.86. The second kappa shape index (κ2) is 4.89. The second-order valence-corrected chi connectivity index (χ2v) is 5.62. The molecule has 3 nitrogen and oxygen atoms in total. The summed E-state index contributed by atoms with van der Waals surface area (Å²) in [5.41, 5.74) is 1.86. The molecule has 1 aliphatic carbocycles. The number of rotatable bonds is 2. The Morgan fingerprint density at radius 1 is 1.65 bits per heavy atom. The lowest BCUT2D eigenvalue weighted by Gasteiger charge is -2.20. The molecule has 0 bridgehead atoms. The van der Waals surface area contributed by atoms with Gasteiger partial charge in [0.25, 0.3) is 0 Å². The number of fused-ring (bicyclic) bond motifs is 1. The van der Waals surface area contributed by atoms with Gasteiger partial charge in [0, 0.05) is 11.8 Å². The number of anilines is 1. The molecule has 1 atom stereocenters. The molecule has 0 aromatic carbocycles. The second-order valence-electron chi connectivity index (χ2n) is 4.52. The summed E-state index contributed by atoms with van der Waals surface area (Å²) in [4.78, 5) is 12.4. The van der Waals surface area contributed by atoms with E-state index in [0.29, 0.717) is 5.56 Å². The fraction of sp³-hybridized carbons (Fsp3) is 0.538. The Morgan fingerprint density at radius 2 is 2.41 bits per heavy atom. The van der Waals surface area contributed by atoms with Gasteiger partial charge in [-0.05, 0) is 30.7 Å². The Bertz CT molecular complexity index is 484. The fourth-order valence-corrected chi connectivity index (χ4v) is 3.73. The van der Waals surface area contributed by atoms with E-state index in [1.807, 2.05) is 0 Å². The first-order chi connectivity index (χ1) is 8.15. The van der Waals surface area contributed by atoms with Crippen LogP contribution in [0.1, 0.15) is 42.7 Å². The monoisotopic (exact) mass is 248 g/mol. The number of nitriles is 1. The molecule has 4 heteroatoms. The number of carbonyl (C=O) groups is 1. The third kappa shape index (κ3) is 2.34. The normalized spacial score (nSPS) is 18.3. The van der Waals surface area contributed by atoms with Gasteiger partial charge in [-0.2, -0.15) is 5.26 Å². The van der Waals surface area contributed by atoms with Crippen molar-refractivity contribution in [3.63, 3.8) is 0 Å². The highest BCUT2D eigenvalue weighted by atomic mass is 32.1. The van der Waals surface area contributed by atoms with Crippen molar-refractivity contribution in [1.82, 2.24) is 0 Å². The van der Waals surface area contributed by atoms with Crippen LogP contribution in [0.4, 0.5) is 5.00 Å². The van der Waals surface area contributed by atoms with Crippen LogP contribution in [0.15, 0.2) is 0 Å². The zero-order valence-electron chi connectivity index (χ0n) is 10.2. The molecule has 1 aliphatic rings. The topological polar surface area (TPSA) is 52.9 Å². The summed E-state index contributed by atoms with van der Waals surface area (Å²) in [6.07, 6.45) is 4.39. The Labute approximate surface area is 105 Å². The van der Waals surface area contributed by atoms with E-state index in [1.54, 1.807) is 11.3 Å². The molecule has 17 heavy (non-hydrogen) atoms. The lowest BCUT2D eigenvalue weighted by molar-refractivity contribution is -0.114. The molecule has 1 aromatic rings. The highest BCUT2D eigenvalue weighted by Crippen LogP contribution is 2.39. The summed E-state index contributed by atoms with van der Waals surface area (Å²) in [6.45, 7) is 3.69. The summed E-state index contributed by atoms with van der Waals surface area (Å²) >= 11 is 1.58. The van der Waals surface area contributed by atoms with Gasteiger partial charge in [0.2, 0.25) is 5.91 Å². The van der Waals surface area contributed by atoms with E-state index in [9.17, 15) is 10.1 Å². The van der Waals surface area contributed by atoms with Crippen LogP contribution in [0, 0.1) is 17.2 Å². The van der Waals surface area contributed by atoms with Crippen LogP contribution in [0.5, 0.6) is 0 Å². The Balaban J connectivity index is 2.35. The van der Waals surface area contributed by atoms with Crippen molar-refractivity contribution in [2.75, 3.05) is 5.32 Å². The molecule has 90 valence electrons. The maximum Gasteiger partial charge on any atom is 0.221 e. The number of hydrogen-bond acceptors (Lipinski definition) is 3. The zero-order chi connectivity index (χ0) is 12.4. The van der Waals surface area contributed by atoms with Crippen molar-refractivity contribution < 1.29 is 4.79 Å². The number of hydrogen-bond donors (Lipinski definition) is 1. The van der Waals surface area contributed by atoms with Crippen LogP contribution < -0.4 is 5.32 Å². The number of thiophene rings is 1. The summed E-state index contributed by atoms with van der Waals surface area (Å²) in [5, 5.41) is 12.7. The average molecular weight is 248 g/mol. The minimum absolute atomic E-state index is 0.105. The van der Waals surface area contributed by atoms with Crippen LogP contribution in [-0.2, 0) is 17.6 Å². The lowest BCUT2D eigenvalue weighted by Crippen LogP contribution is -2.11. The molecule has 0 unspecified atom stereocenters. The molecule has 0 aliphatic heterocycles. The largest absolute Gasteiger partial charge is 0.317 e. The standard InChI is InChI=1S/C13H16N2OS/c1-3-9-4-5-10-11(7-14)13(15-8(2)16)17-12(10)6-9/h9H,3-6H2,1-2H3,(H,15,16)/t9-/m0/s1. The average Bonchev–Trinajstić information content (AvgIpc) is 2.63. The van der Waals surface area contributed by atoms with Crippen molar-refractivity contribution in [1.29, 1.82) is 5.26 Å². The van der Waals surface area contributed by atoms with Crippen molar-refractivity contribution in [2.24, 2.45) is 5.92 Å². The number of amides is 1. The zero-order valence-corrected chi connectivity index (χ0v) is 11.0. The molecule has 0 radical (unpaired) electrons. The quantitative estimate of drug-likeness (QED) is 0.874. The van der Waals surface area contributed by atoms with Crippen LogP contribution in [0.3, 0.4) is 0 Å². The Morgan fingerprint density at radius 3 is 3.00 bits per heavy atom. The predicted molar refractivity (Wildman–Crippen MR) is 69.1 cm³/mol. The SMILES string of the molecule is CC[C@H]1CCc2c(sc(NC(C)=O)c2C#N)C1. The van der Waals surface area contributed by atoms with Gasteiger partial charge >= 0.3 is 0 Å². The van der Waals surface area contributed by atoms with Gasteiger partial charge in [-0.1, -0.05) is 13.3 Å². The van der Waals surface area contributed by atoms with E-state index in [0.717, 1.165) is 30.2 Å². The van der Waals surface area contributed by atoms with Gasteiger partial charge in [-0.15, -0.1) is 11.3 Å². The van der Waals surface area contributed by atoms with Crippen molar-refractivity contribution in [3.8, 4) is 6.07 Å². The minimum Gasteiger partial charge on any atom is -0.317 e. The third-order valence-corrected chi connectivity index (χ3v) is 4.52. The van der Waals surface area contributed by atoms with E-state index >= 15 is 0 Å². The van der Waals surface area contributed by atoms with Gasteiger partial charge in [0.1, 0.15) is 11.1 Å². The molecule has 0 fully saturated rings. The molecule has 0 saturated heterocycles. The predicted octanol–water partition coefficient (Wildman–Crippen LogP) is 3.09. The van der Waals surface area contributed by atoms with Gasteiger partial charge in [-0.25, -0.2) is 0 Å². The van der Waals surface area contributed by atoms with Gasteiger partial charge in [0.05, 0.1) is 5.56 Å². The first-order valence-electron chi connectivity index (χ1n) is 5.97. The molecular weight excluding hydrogens is 232 g/mol. The van der Waals surface area contributed by atoms with Crippen molar-refractivity contribution in [3.05, 3.63) is 16.0 Å². The molecule has 1 heterocycles. The van der Waals surface area contributed by atoms with Gasteiger partial charge < -0.3 is 5.32 Å². The third-order valence-electron chi connectivity index (χ3n) is 3.35. The maximum atomic E-state index is 11.1. The summed E-state index contributed by atoms with van der Waals surface area (Å²) in [7, 11) is 0. The van der Waals surface area contributed by atoms with Crippen molar-refractivity contribution in [2.45, 2.75) is 39.5 Å². The summed E-state index contributed by atoms with van der Waals surface area (Å²) in [6, 6.07) is 2.24. The van der Waals surface area contributed by atoms with E-state index in [1.165, 1.54) is 23.8 Å². The van der Waals surface area contributed by atoms with E-state index in [2.05, 4.69) is 18.3 Å². The molecule has 1 aromatic heterocycles. The smallest absolute Gasteiger partial charge is 0.221 e. The van der Waals surface area contributed by atoms with Crippen LogP contribution in [0.25, 0.3) is 0 Å². The van der Waals surface area contributed by atoms with E-state index < -0.39 is 0 Å². The van der Waals surface area contributed by atoms with E-state index in [-0.39, 0.29) is 5.91 Å². The molecule has 1 N–H and O–H groups in total. The maximum absolute atomic E-state index is 11.1. The highest BCUT2D eigenvalue weighted by Gasteiger charge is 2.25. The molecule has 2 rings (SSSR count). The van der Waals surface area contributed by atoms with Crippen LogP contribution >= 0.6 is 11.3 Å². The first kappa shape index (κ1) is 12.1. The fourth-order valence-electron chi connectivity index (χ4n) is 2.37. The molecule has 1 amide bonds. The van der Waals surface area contributed by atoms with Gasteiger partial charge in [0.15, 0.2) is 0 Å². The Kier molecular flexibility index (Phi) is 3.49. The van der Waals surface area contributed by atoms with Crippen LogP contribution in [0.2, 0.25) is 0 Å². The number of nitrogens with zero attached hydrogens (tertiary/aromatic N) is 1. The van der Waals surface area contributed by atoms with Gasteiger partial charge in [-0.3, -0.25) is 4.79 Å². The number of carbonyl (C=O) groups excluding carboxylic acids is 1. The first-order valence-corrected chi connectivity index (χ1v) is 6.79.